The zero-order valence-electron chi connectivity index (χ0n) is 18.0. The Labute approximate surface area is 205 Å². The summed E-state index contributed by atoms with van der Waals surface area (Å²) in [6, 6.07) is 20.4. The van der Waals surface area contributed by atoms with Crippen molar-refractivity contribution in [2.24, 2.45) is 0 Å². The lowest BCUT2D eigenvalue weighted by Crippen LogP contribution is -2.31. The average Bonchev–Trinajstić information content (AvgIpc) is 3.21. The maximum absolute atomic E-state index is 13.5. The number of carbonyl (C=O) groups excluding carboxylic acids is 1. The normalized spacial score (nSPS) is 15.0. The molecule has 0 aliphatic carbocycles. The van der Waals surface area contributed by atoms with Crippen LogP contribution in [-0.4, -0.2) is 25.8 Å². The first-order chi connectivity index (χ1) is 16.4. The van der Waals surface area contributed by atoms with Gasteiger partial charge >= 0.3 is 0 Å². The summed E-state index contributed by atoms with van der Waals surface area (Å²) in [6.07, 6.45) is 0. The Bertz CT molecular complexity index is 1430. The van der Waals surface area contributed by atoms with Gasteiger partial charge in [0.15, 0.2) is 5.82 Å². The van der Waals surface area contributed by atoms with E-state index in [1.54, 1.807) is 41.1 Å². The summed E-state index contributed by atoms with van der Waals surface area (Å²) < 4.78 is 1.63. The van der Waals surface area contributed by atoms with Gasteiger partial charge in [-0.25, -0.2) is 4.68 Å². The van der Waals surface area contributed by atoms with Crippen molar-refractivity contribution in [3.8, 4) is 17.1 Å². The van der Waals surface area contributed by atoms with Gasteiger partial charge in [0.2, 0.25) is 5.95 Å². The highest BCUT2D eigenvalue weighted by Gasteiger charge is 2.35. The van der Waals surface area contributed by atoms with Gasteiger partial charge in [0.05, 0.1) is 10.6 Å². The number of phenols is 1. The quantitative estimate of drug-likeness (QED) is 0.331. The van der Waals surface area contributed by atoms with E-state index in [0.717, 1.165) is 0 Å². The van der Waals surface area contributed by atoms with Crippen molar-refractivity contribution in [3.63, 3.8) is 0 Å². The van der Waals surface area contributed by atoms with Gasteiger partial charge in [-0.15, -0.1) is 5.10 Å². The summed E-state index contributed by atoms with van der Waals surface area (Å²) in [7, 11) is 0. The fraction of sp³-hybridized carbons (Fsp3) is 0.0800. The smallest absolute Gasteiger partial charge is 0.255 e. The number of allylic oxidation sites excluding steroid dienone is 1. The fourth-order valence-corrected chi connectivity index (χ4v) is 4.45. The van der Waals surface area contributed by atoms with E-state index in [1.807, 2.05) is 43.3 Å². The molecule has 3 aromatic carbocycles. The molecule has 7 nitrogen and oxygen atoms in total. The van der Waals surface area contributed by atoms with E-state index in [0.29, 0.717) is 49.9 Å². The number of hydrogen-bond donors (Lipinski definition) is 3. The lowest BCUT2D eigenvalue weighted by molar-refractivity contribution is -0.113. The molecule has 0 radical (unpaired) electrons. The first kappa shape index (κ1) is 22.0. The number of nitrogens with zero attached hydrogens (tertiary/aromatic N) is 3. The molecule has 34 heavy (non-hydrogen) atoms. The number of carbonyl (C=O) groups is 1. The van der Waals surface area contributed by atoms with Gasteiger partial charge < -0.3 is 15.7 Å². The number of halogens is 2. The second kappa shape index (κ2) is 8.85. The number of anilines is 2. The topological polar surface area (TPSA) is 92.1 Å². The van der Waals surface area contributed by atoms with Crippen LogP contribution in [-0.2, 0) is 4.79 Å². The number of phenolic OH excluding ortho intramolecular Hbond substituents is 1. The average molecular weight is 492 g/mol. The van der Waals surface area contributed by atoms with Crippen LogP contribution in [0.15, 0.2) is 84.1 Å². The molecule has 1 unspecified atom stereocenters. The van der Waals surface area contributed by atoms with E-state index in [4.69, 9.17) is 28.3 Å². The standard InChI is InChI=1S/C25H19Cl2N5O2/c1-14-21(24(34)29-17-7-3-2-4-8-17)22(15-6-5-9-18(33)12-15)32-25(28-14)30-23(31-32)19-11-10-16(26)13-20(19)27/h2-13,22,33H,1H3,(H,29,34)(H,28,30,31). The van der Waals surface area contributed by atoms with Gasteiger partial charge in [0, 0.05) is 22.0 Å². The summed E-state index contributed by atoms with van der Waals surface area (Å²) in [5.41, 5.74) is 3.02. The van der Waals surface area contributed by atoms with Gasteiger partial charge in [-0.2, -0.15) is 4.98 Å². The van der Waals surface area contributed by atoms with Crippen LogP contribution in [0.1, 0.15) is 18.5 Å². The van der Waals surface area contributed by atoms with Crippen LogP contribution in [0.2, 0.25) is 10.0 Å². The van der Waals surface area contributed by atoms with Crippen LogP contribution >= 0.6 is 23.2 Å². The zero-order chi connectivity index (χ0) is 23.8. The molecule has 1 aliphatic rings. The molecule has 0 saturated carbocycles. The molecule has 0 fully saturated rings. The van der Waals surface area contributed by atoms with Crippen LogP contribution < -0.4 is 10.6 Å². The highest BCUT2D eigenvalue weighted by Crippen LogP contribution is 2.38. The number of amides is 1. The molecule has 9 heteroatoms. The first-order valence-electron chi connectivity index (χ1n) is 10.5. The van der Waals surface area contributed by atoms with Crippen molar-refractivity contribution in [2.45, 2.75) is 13.0 Å². The Kier molecular flexibility index (Phi) is 5.73. The molecule has 0 saturated heterocycles. The molecule has 1 atom stereocenters. The number of aromatic nitrogens is 3. The third kappa shape index (κ3) is 4.11. The van der Waals surface area contributed by atoms with Gasteiger partial charge in [-0.05, 0) is 55.0 Å². The summed E-state index contributed by atoms with van der Waals surface area (Å²) in [5, 5.41) is 21.9. The van der Waals surface area contributed by atoms with E-state index < -0.39 is 6.04 Å². The van der Waals surface area contributed by atoms with Crippen molar-refractivity contribution in [2.75, 3.05) is 10.6 Å². The second-order valence-corrected chi connectivity index (χ2v) is 8.65. The third-order valence-electron chi connectivity index (χ3n) is 5.49. The highest BCUT2D eigenvalue weighted by molar-refractivity contribution is 6.36. The Hall–Kier alpha value is -3.81. The molecular formula is C25H19Cl2N5O2. The van der Waals surface area contributed by atoms with E-state index >= 15 is 0 Å². The molecule has 1 aliphatic heterocycles. The van der Waals surface area contributed by atoms with Gasteiger partial charge in [0.25, 0.3) is 5.91 Å². The number of fused-ring (bicyclic) bond motifs is 1. The number of hydrogen-bond acceptors (Lipinski definition) is 5. The third-order valence-corrected chi connectivity index (χ3v) is 6.03. The lowest BCUT2D eigenvalue weighted by atomic mass is 9.95. The summed E-state index contributed by atoms with van der Waals surface area (Å²) >= 11 is 12.4. The number of para-hydroxylation sites is 1. The Morgan fingerprint density at radius 3 is 2.59 bits per heavy atom. The molecule has 170 valence electrons. The molecule has 0 spiro atoms. The summed E-state index contributed by atoms with van der Waals surface area (Å²) in [5.74, 6) is 0.617. The second-order valence-electron chi connectivity index (χ2n) is 7.81. The number of rotatable bonds is 4. The zero-order valence-corrected chi connectivity index (χ0v) is 19.5. The summed E-state index contributed by atoms with van der Waals surface area (Å²) in [6.45, 7) is 1.81. The highest BCUT2D eigenvalue weighted by atomic mass is 35.5. The summed E-state index contributed by atoms with van der Waals surface area (Å²) in [4.78, 5) is 18.1. The maximum Gasteiger partial charge on any atom is 0.255 e. The van der Waals surface area contributed by atoms with Crippen molar-refractivity contribution in [1.82, 2.24) is 14.8 Å². The van der Waals surface area contributed by atoms with Gasteiger partial charge in [-0.1, -0.05) is 53.5 Å². The van der Waals surface area contributed by atoms with Gasteiger partial charge in [0.1, 0.15) is 11.8 Å². The van der Waals surface area contributed by atoms with Crippen LogP contribution in [0.3, 0.4) is 0 Å². The van der Waals surface area contributed by atoms with Crippen LogP contribution in [0.5, 0.6) is 5.75 Å². The van der Waals surface area contributed by atoms with Crippen LogP contribution in [0, 0.1) is 0 Å². The Balaban J connectivity index is 1.62. The van der Waals surface area contributed by atoms with E-state index in [2.05, 4.69) is 15.6 Å². The van der Waals surface area contributed by atoms with Crippen LogP contribution in [0.25, 0.3) is 11.4 Å². The van der Waals surface area contributed by atoms with Crippen molar-refractivity contribution in [1.29, 1.82) is 0 Å². The first-order valence-corrected chi connectivity index (χ1v) is 11.2. The lowest BCUT2D eigenvalue weighted by Gasteiger charge is -2.28. The molecule has 3 N–H and O–H groups in total. The Morgan fingerprint density at radius 2 is 1.85 bits per heavy atom. The maximum atomic E-state index is 13.5. The van der Waals surface area contributed by atoms with Crippen molar-refractivity contribution < 1.29 is 9.90 Å². The van der Waals surface area contributed by atoms with Crippen molar-refractivity contribution >= 4 is 40.7 Å². The monoisotopic (exact) mass is 491 g/mol. The van der Waals surface area contributed by atoms with Crippen LogP contribution in [0.4, 0.5) is 11.6 Å². The van der Waals surface area contributed by atoms with Gasteiger partial charge in [-0.3, -0.25) is 4.79 Å². The fourth-order valence-electron chi connectivity index (χ4n) is 3.95. The molecule has 2 heterocycles. The molecule has 5 rings (SSSR count). The molecule has 4 aromatic rings. The minimum Gasteiger partial charge on any atom is -0.508 e. The minimum absolute atomic E-state index is 0.0825. The molecular weight excluding hydrogens is 473 g/mol. The van der Waals surface area contributed by atoms with Crippen molar-refractivity contribution in [3.05, 3.63) is 99.7 Å². The largest absolute Gasteiger partial charge is 0.508 e. The number of benzene rings is 3. The molecule has 1 amide bonds. The number of aromatic hydroxyl groups is 1. The van der Waals surface area contributed by atoms with E-state index in [1.165, 1.54) is 0 Å². The predicted octanol–water partition coefficient (Wildman–Crippen LogP) is 5.89. The predicted molar refractivity (Wildman–Crippen MR) is 133 cm³/mol. The molecule has 0 bridgehead atoms. The SMILES string of the molecule is CC1=C(C(=O)Nc2ccccc2)C(c2cccc(O)c2)n2nc(-c3ccc(Cl)cc3Cl)nc2N1. The Morgan fingerprint density at radius 1 is 1.06 bits per heavy atom. The van der Waals surface area contributed by atoms with E-state index in [-0.39, 0.29) is 11.7 Å². The molecule has 1 aromatic heterocycles. The van der Waals surface area contributed by atoms with E-state index in [9.17, 15) is 9.90 Å². The minimum atomic E-state index is -0.639. The number of nitrogens with one attached hydrogen (secondary N) is 2.